The third-order valence-corrected chi connectivity index (χ3v) is 5.83. The predicted molar refractivity (Wildman–Crippen MR) is 110 cm³/mol. The molecule has 1 aromatic heterocycles. The first-order chi connectivity index (χ1) is 14.2. The molecule has 2 fully saturated rings. The lowest BCUT2D eigenvalue weighted by Crippen LogP contribution is -2.53. The van der Waals surface area contributed by atoms with Crippen LogP contribution in [0.1, 0.15) is 41.8 Å². The van der Waals surface area contributed by atoms with Gasteiger partial charge in [-0.25, -0.2) is 0 Å². The minimum atomic E-state index is -0.606. The maximum Gasteiger partial charge on any atom is 0.287 e. The van der Waals surface area contributed by atoms with Crippen molar-refractivity contribution < 1.29 is 14.0 Å². The lowest BCUT2D eigenvalue weighted by atomic mass is 10.0. The highest BCUT2D eigenvalue weighted by atomic mass is 16.3. The van der Waals surface area contributed by atoms with Crippen LogP contribution in [0.25, 0.3) is 0 Å². The van der Waals surface area contributed by atoms with Gasteiger partial charge in [0.05, 0.1) is 6.26 Å². The fourth-order valence-corrected chi connectivity index (χ4v) is 3.87. The van der Waals surface area contributed by atoms with Gasteiger partial charge >= 0.3 is 0 Å². The smallest absolute Gasteiger partial charge is 0.287 e. The lowest BCUT2D eigenvalue weighted by molar-refractivity contribution is -0.134. The van der Waals surface area contributed by atoms with Crippen LogP contribution in [0.5, 0.6) is 0 Å². The molecule has 2 aliphatic rings. The molecule has 1 atom stereocenters. The summed E-state index contributed by atoms with van der Waals surface area (Å²) in [7, 11) is 0. The molecule has 1 aromatic carbocycles. The summed E-state index contributed by atoms with van der Waals surface area (Å²) in [5, 5.41) is 6.53. The number of benzene rings is 1. The first-order valence-corrected chi connectivity index (χ1v) is 10.6. The zero-order valence-corrected chi connectivity index (χ0v) is 16.7. The van der Waals surface area contributed by atoms with Gasteiger partial charge in [-0.15, -0.1) is 0 Å². The molecule has 1 unspecified atom stereocenters. The fourth-order valence-electron chi connectivity index (χ4n) is 3.87. The van der Waals surface area contributed by atoms with Gasteiger partial charge in [0.1, 0.15) is 6.04 Å². The second kappa shape index (κ2) is 9.27. The van der Waals surface area contributed by atoms with Crippen LogP contribution in [-0.2, 0) is 11.2 Å². The van der Waals surface area contributed by atoms with E-state index in [2.05, 4.69) is 10.6 Å². The molecule has 1 aliphatic heterocycles. The van der Waals surface area contributed by atoms with Crippen LogP contribution >= 0.6 is 0 Å². The van der Waals surface area contributed by atoms with Crippen molar-refractivity contribution in [1.29, 1.82) is 0 Å². The molecule has 0 spiro atoms. The van der Waals surface area contributed by atoms with E-state index in [0.717, 1.165) is 44.0 Å². The number of carbonyl (C=O) groups excluding carboxylic acids is 2. The molecule has 2 aromatic rings. The Labute approximate surface area is 171 Å². The van der Waals surface area contributed by atoms with Crippen LogP contribution < -0.4 is 10.6 Å². The first-order valence-electron chi connectivity index (χ1n) is 10.6. The molecule has 1 saturated carbocycles. The number of hydrogen-bond donors (Lipinski definition) is 2. The van der Waals surface area contributed by atoms with Gasteiger partial charge in [0.25, 0.3) is 5.91 Å². The van der Waals surface area contributed by atoms with Gasteiger partial charge in [0, 0.05) is 25.6 Å². The largest absolute Gasteiger partial charge is 0.459 e. The third kappa shape index (κ3) is 5.48. The maximum absolute atomic E-state index is 13.3. The van der Waals surface area contributed by atoms with Crippen LogP contribution in [0, 0.1) is 5.92 Å². The second-order valence-electron chi connectivity index (χ2n) is 8.14. The van der Waals surface area contributed by atoms with E-state index in [4.69, 9.17) is 4.42 Å². The van der Waals surface area contributed by atoms with Crippen molar-refractivity contribution in [3.63, 3.8) is 0 Å². The van der Waals surface area contributed by atoms with Gasteiger partial charge in [0.2, 0.25) is 5.91 Å². The molecule has 1 saturated heterocycles. The molecule has 0 bridgehead atoms. The van der Waals surface area contributed by atoms with Crippen molar-refractivity contribution in [2.75, 3.05) is 19.6 Å². The van der Waals surface area contributed by atoms with Gasteiger partial charge in [-0.3, -0.25) is 9.59 Å². The summed E-state index contributed by atoms with van der Waals surface area (Å²) in [6.07, 6.45) is 6.54. The monoisotopic (exact) mass is 395 g/mol. The maximum atomic E-state index is 13.3. The van der Waals surface area contributed by atoms with Gasteiger partial charge in [-0.2, -0.15) is 0 Å². The average molecular weight is 396 g/mol. The second-order valence-corrected chi connectivity index (χ2v) is 8.14. The number of hydrogen-bond acceptors (Lipinski definition) is 4. The number of carbonyl (C=O) groups is 2. The number of nitrogens with zero attached hydrogens (tertiary/aromatic N) is 1. The summed E-state index contributed by atoms with van der Waals surface area (Å²) in [4.78, 5) is 27.7. The zero-order chi connectivity index (χ0) is 20.1. The van der Waals surface area contributed by atoms with Gasteiger partial charge in [-0.05, 0) is 55.8 Å². The number of piperidine rings is 1. The zero-order valence-electron chi connectivity index (χ0n) is 16.7. The van der Waals surface area contributed by atoms with Crippen molar-refractivity contribution in [2.24, 2.45) is 5.92 Å². The Bertz CT molecular complexity index is 794. The molecule has 1 aliphatic carbocycles. The molecule has 154 valence electrons. The van der Waals surface area contributed by atoms with E-state index >= 15 is 0 Å². The summed E-state index contributed by atoms with van der Waals surface area (Å²) in [6.45, 7) is 2.56. The van der Waals surface area contributed by atoms with Crippen molar-refractivity contribution in [3.8, 4) is 0 Å². The Morgan fingerprint density at radius 1 is 1.03 bits per heavy atom. The number of furan rings is 1. The van der Waals surface area contributed by atoms with Crippen molar-refractivity contribution in [2.45, 2.75) is 44.2 Å². The summed E-state index contributed by atoms with van der Waals surface area (Å²) >= 11 is 0. The average Bonchev–Trinajstić information content (AvgIpc) is 3.42. The quantitative estimate of drug-likeness (QED) is 0.721. The summed E-state index contributed by atoms with van der Waals surface area (Å²) in [5.74, 6) is 0.709. The van der Waals surface area contributed by atoms with E-state index in [1.165, 1.54) is 19.1 Å². The minimum absolute atomic E-state index is 0.0191. The normalized spacial score (nSPS) is 18.4. The van der Waals surface area contributed by atoms with Crippen LogP contribution in [0.3, 0.4) is 0 Å². The molecule has 2 heterocycles. The van der Waals surface area contributed by atoms with E-state index < -0.39 is 6.04 Å². The van der Waals surface area contributed by atoms with Crippen molar-refractivity contribution in [3.05, 3.63) is 60.1 Å². The number of amides is 2. The van der Waals surface area contributed by atoms with E-state index in [-0.39, 0.29) is 17.6 Å². The fraction of sp³-hybridized carbons (Fsp3) is 0.478. The SMILES string of the molecule is O=C(NC(Cc1ccccc1)C(=O)N1CCC(NCC2CC2)CC1)c1ccco1. The van der Waals surface area contributed by atoms with E-state index in [9.17, 15) is 9.59 Å². The van der Waals surface area contributed by atoms with Gasteiger partial charge in [0.15, 0.2) is 5.76 Å². The highest BCUT2D eigenvalue weighted by molar-refractivity contribution is 5.95. The van der Waals surface area contributed by atoms with E-state index in [0.29, 0.717) is 12.5 Å². The van der Waals surface area contributed by atoms with Crippen molar-refractivity contribution >= 4 is 11.8 Å². The third-order valence-electron chi connectivity index (χ3n) is 5.83. The van der Waals surface area contributed by atoms with Crippen molar-refractivity contribution in [1.82, 2.24) is 15.5 Å². The number of nitrogens with one attached hydrogen (secondary N) is 2. The van der Waals surface area contributed by atoms with E-state index in [1.807, 2.05) is 35.2 Å². The van der Waals surface area contributed by atoms with Gasteiger partial charge in [-0.1, -0.05) is 30.3 Å². The molecule has 0 radical (unpaired) electrons. The number of likely N-dealkylation sites (tertiary alicyclic amines) is 1. The molecule has 2 N–H and O–H groups in total. The Balaban J connectivity index is 1.37. The predicted octanol–water partition coefficient (Wildman–Crippen LogP) is 2.61. The molecular formula is C23H29N3O3. The Morgan fingerprint density at radius 3 is 2.45 bits per heavy atom. The lowest BCUT2D eigenvalue weighted by Gasteiger charge is -2.35. The van der Waals surface area contributed by atoms with Crippen LogP contribution in [0.4, 0.5) is 0 Å². The summed E-state index contributed by atoms with van der Waals surface area (Å²) < 4.78 is 5.19. The summed E-state index contributed by atoms with van der Waals surface area (Å²) in [5.41, 5.74) is 1.02. The molecule has 6 heteroatoms. The molecule has 4 rings (SSSR count). The molecular weight excluding hydrogens is 366 g/mol. The van der Waals surface area contributed by atoms with E-state index in [1.54, 1.807) is 12.1 Å². The Morgan fingerprint density at radius 2 is 1.79 bits per heavy atom. The highest BCUT2D eigenvalue weighted by Crippen LogP contribution is 2.28. The standard InChI is InChI=1S/C23H29N3O3/c27-22(21-7-4-14-29-21)25-20(15-17-5-2-1-3-6-17)23(28)26-12-10-19(11-13-26)24-16-18-8-9-18/h1-7,14,18-20,24H,8-13,15-16H2,(H,25,27). The first kappa shape index (κ1) is 19.7. The van der Waals surface area contributed by atoms with Crippen LogP contribution in [0.15, 0.2) is 53.1 Å². The Hall–Kier alpha value is -2.60. The molecule has 29 heavy (non-hydrogen) atoms. The Kier molecular flexibility index (Phi) is 6.30. The van der Waals surface area contributed by atoms with Crippen LogP contribution in [0.2, 0.25) is 0 Å². The molecule has 6 nitrogen and oxygen atoms in total. The highest BCUT2D eigenvalue weighted by Gasteiger charge is 2.31. The summed E-state index contributed by atoms with van der Waals surface area (Å²) in [6, 6.07) is 13.0. The van der Waals surface area contributed by atoms with Gasteiger partial charge < -0.3 is 20.0 Å². The minimum Gasteiger partial charge on any atom is -0.459 e. The topological polar surface area (TPSA) is 74.6 Å². The molecule has 2 amide bonds. The van der Waals surface area contributed by atoms with Crippen LogP contribution in [-0.4, -0.2) is 48.4 Å². The number of rotatable bonds is 8.